The van der Waals surface area contributed by atoms with Gasteiger partial charge >= 0.3 is 5.97 Å². The van der Waals surface area contributed by atoms with Crippen LogP contribution in [0, 0.1) is 6.92 Å². The van der Waals surface area contributed by atoms with Gasteiger partial charge in [0.25, 0.3) is 5.91 Å². The fourth-order valence-electron chi connectivity index (χ4n) is 1.91. The Morgan fingerprint density at radius 2 is 1.95 bits per heavy atom. The van der Waals surface area contributed by atoms with Crippen LogP contribution < -0.4 is 5.32 Å². The lowest BCUT2D eigenvalue weighted by Crippen LogP contribution is -2.31. The number of amides is 1. The van der Waals surface area contributed by atoms with E-state index in [-0.39, 0.29) is 12.3 Å². The normalized spacial score (nSPS) is 11.8. The molecule has 5 nitrogen and oxygen atoms in total. The molecule has 1 atom stereocenters. The zero-order valence-electron chi connectivity index (χ0n) is 11.0. The standard InChI is InChI=1S/C15H15NO4/c1-10-7-8-20-13(10)14(17)16-9-12(15(18)19)11-5-3-2-4-6-11/h2-8,12H,9H2,1H3,(H,16,17)(H,18,19). The average molecular weight is 273 g/mol. The van der Waals surface area contributed by atoms with E-state index in [9.17, 15) is 14.7 Å². The van der Waals surface area contributed by atoms with Crippen LogP contribution in [0.1, 0.15) is 27.6 Å². The minimum atomic E-state index is -0.979. The Morgan fingerprint density at radius 1 is 1.25 bits per heavy atom. The highest BCUT2D eigenvalue weighted by Gasteiger charge is 2.21. The number of rotatable bonds is 5. The van der Waals surface area contributed by atoms with Crippen molar-refractivity contribution < 1.29 is 19.1 Å². The van der Waals surface area contributed by atoms with E-state index in [1.54, 1.807) is 37.3 Å². The fourth-order valence-corrected chi connectivity index (χ4v) is 1.91. The number of nitrogens with one attached hydrogen (secondary N) is 1. The molecule has 2 rings (SSSR count). The van der Waals surface area contributed by atoms with E-state index >= 15 is 0 Å². The molecular formula is C15H15NO4. The van der Waals surface area contributed by atoms with Gasteiger partial charge in [-0.2, -0.15) is 0 Å². The summed E-state index contributed by atoms with van der Waals surface area (Å²) in [5.74, 6) is -1.96. The molecule has 104 valence electrons. The second-order valence-electron chi connectivity index (χ2n) is 4.44. The van der Waals surface area contributed by atoms with Crippen LogP contribution in [-0.2, 0) is 4.79 Å². The van der Waals surface area contributed by atoms with E-state index < -0.39 is 17.8 Å². The molecule has 0 bridgehead atoms. The van der Waals surface area contributed by atoms with Crippen LogP contribution in [0.15, 0.2) is 47.1 Å². The van der Waals surface area contributed by atoms with Gasteiger partial charge in [0.1, 0.15) is 0 Å². The zero-order chi connectivity index (χ0) is 14.5. The molecule has 0 saturated carbocycles. The van der Waals surface area contributed by atoms with Gasteiger partial charge in [-0.1, -0.05) is 30.3 Å². The molecule has 2 N–H and O–H groups in total. The molecule has 1 aromatic heterocycles. The van der Waals surface area contributed by atoms with Crippen molar-refractivity contribution in [3.05, 3.63) is 59.5 Å². The molecule has 0 radical (unpaired) electrons. The van der Waals surface area contributed by atoms with E-state index in [0.717, 1.165) is 0 Å². The van der Waals surface area contributed by atoms with Gasteiger partial charge in [-0.25, -0.2) is 0 Å². The number of benzene rings is 1. The predicted octanol–water partition coefficient (Wildman–Crippen LogP) is 2.19. The maximum Gasteiger partial charge on any atom is 0.312 e. The summed E-state index contributed by atoms with van der Waals surface area (Å²) in [5, 5.41) is 11.8. The number of carbonyl (C=O) groups excluding carboxylic acids is 1. The molecule has 5 heteroatoms. The second kappa shape index (κ2) is 6.06. The minimum Gasteiger partial charge on any atom is -0.481 e. The summed E-state index contributed by atoms with van der Waals surface area (Å²) < 4.78 is 5.07. The van der Waals surface area contributed by atoms with Crippen molar-refractivity contribution in [3.8, 4) is 0 Å². The molecule has 1 heterocycles. The van der Waals surface area contributed by atoms with Gasteiger partial charge in [-0.05, 0) is 18.6 Å². The molecule has 0 aliphatic rings. The van der Waals surface area contributed by atoms with Gasteiger partial charge in [0, 0.05) is 12.1 Å². The first-order valence-corrected chi connectivity index (χ1v) is 6.19. The number of carboxylic acids is 1. The quantitative estimate of drug-likeness (QED) is 0.875. The van der Waals surface area contributed by atoms with Gasteiger partial charge in [0.05, 0.1) is 12.2 Å². The Balaban J connectivity index is 2.06. The summed E-state index contributed by atoms with van der Waals surface area (Å²) in [6, 6.07) is 10.5. The number of hydrogen-bond acceptors (Lipinski definition) is 3. The zero-order valence-corrected chi connectivity index (χ0v) is 11.0. The van der Waals surface area contributed by atoms with E-state index in [1.165, 1.54) is 6.26 Å². The largest absolute Gasteiger partial charge is 0.481 e. The number of furan rings is 1. The topological polar surface area (TPSA) is 79.5 Å². The third kappa shape index (κ3) is 3.06. The molecule has 1 unspecified atom stereocenters. The van der Waals surface area contributed by atoms with Gasteiger partial charge in [0.2, 0.25) is 0 Å². The highest BCUT2D eigenvalue weighted by Crippen LogP contribution is 2.15. The highest BCUT2D eigenvalue weighted by atomic mass is 16.4. The SMILES string of the molecule is Cc1ccoc1C(=O)NCC(C(=O)O)c1ccccc1. The monoisotopic (exact) mass is 273 g/mol. The lowest BCUT2D eigenvalue weighted by atomic mass is 9.99. The lowest BCUT2D eigenvalue weighted by Gasteiger charge is -2.13. The van der Waals surface area contributed by atoms with E-state index in [4.69, 9.17) is 4.42 Å². The van der Waals surface area contributed by atoms with Crippen molar-refractivity contribution in [2.24, 2.45) is 0 Å². The van der Waals surface area contributed by atoms with Crippen LogP contribution >= 0.6 is 0 Å². The summed E-state index contributed by atoms with van der Waals surface area (Å²) in [6.07, 6.45) is 1.43. The Bertz CT molecular complexity index is 603. The number of hydrogen-bond donors (Lipinski definition) is 2. The molecule has 0 aliphatic heterocycles. The van der Waals surface area contributed by atoms with Gasteiger partial charge in [-0.3, -0.25) is 9.59 Å². The van der Waals surface area contributed by atoms with Crippen LogP contribution in [0.2, 0.25) is 0 Å². The third-order valence-electron chi connectivity index (χ3n) is 3.04. The molecule has 2 aromatic rings. The first kappa shape index (κ1) is 13.9. The van der Waals surface area contributed by atoms with Crippen molar-refractivity contribution in [2.45, 2.75) is 12.8 Å². The van der Waals surface area contributed by atoms with E-state index in [0.29, 0.717) is 11.1 Å². The molecule has 0 spiro atoms. The Morgan fingerprint density at radius 3 is 2.50 bits per heavy atom. The second-order valence-corrected chi connectivity index (χ2v) is 4.44. The lowest BCUT2D eigenvalue weighted by molar-refractivity contribution is -0.138. The van der Waals surface area contributed by atoms with Gasteiger partial charge in [0.15, 0.2) is 5.76 Å². The number of carboxylic acid groups (broad SMARTS) is 1. The maximum absolute atomic E-state index is 11.9. The minimum absolute atomic E-state index is 0.0122. The van der Waals surface area contributed by atoms with E-state index in [1.807, 2.05) is 6.07 Å². The maximum atomic E-state index is 11.9. The van der Waals surface area contributed by atoms with Crippen molar-refractivity contribution in [1.29, 1.82) is 0 Å². The summed E-state index contributed by atoms with van der Waals surface area (Å²) in [5.41, 5.74) is 1.37. The number of carbonyl (C=O) groups is 2. The third-order valence-corrected chi connectivity index (χ3v) is 3.04. The molecule has 0 saturated heterocycles. The predicted molar refractivity (Wildman–Crippen MR) is 72.6 cm³/mol. The molecule has 1 aromatic carbocycles. The molecule has 20 heavy (non-hydrogen) atoms. The van der Waals surface area contributed by atoms with Crippen molar-refractivity contribution in [2.75, 3.05) is 6.54 Å². The summed E-state index contributed by atoms with van der Waals surface area (Å²) in [7, 11) is 0. The van der Waals surface area contributed by atoms with Crippen LogP contribution in [0.25, 0.3) is 0 Å². The average Bonchev–Trinajstić information content (AvgIpc) is 2.86. The van der Waals surface area contributed by atoms with Gasteiger partial charge in [-0.15, -0.1) is 0 Å². The molecule has 0 aliphatic carbocycles. The fraction of sp³-hybridized carbons (Fsp3) is 0.200. The van der Waals surface area contributed by atoms with Crippen LogP contribution in [0.5, 0.6) is 0 Å². The smallest absolute Gasteiger partial charge is 0.312 e. The molecule has 1 amide bonds. The molecule has 0 fully saturated rings. The van der Waals surface area contributed by atoms with Crippen molar-refractivity contribution in [1.82, 2.24) is 5.32 Å². The van der Waals surface area contributed by atoms with Crippen molar-refractivity contribution >= 4 is 11.9 Å². The number of aryl methyl sites for hydroxylation is 1. The van der Waals surface area contributed by atoms with Crippen LogP contribution in [0.3, 0.4) is 0 Å². The summed E-state index contributed by atoms with van der Waals surface area (Å²) >= 11 is 0. The van der Waals surface area contributed by atoms with Crippen molar-refractivity contribution in [3.63, 3.8) is 0 Å². The van der Waals surface area contributed by atoms with Crippen LogP contribution in [-0.4, -0.2) is 23.5 Å². The Labute approximate surface area is 116 Å². The molecular weight excluding hydrogens is 258 g/mol. The van der Waals surface area contributed by atoms with E-state index in [2.05, 4.69) is 5.32 Å². The highest BCUT2D eigenvalue weighted by molar-refractivity contribution is 5.93. The number of aliphatic carboxylic acids is 1. The van der Waals surface area contributed by atoms with Gasteiger partial charge < -0.3 is 14.8 Å². The van der Waals surface area contributed by atoms with Crippen LogP contribution in [0.4, 0.5) is 0 Å². The summed E-state index contributed by atoms with van der Waals surface area (Å²) in [4.78, 5) is 23.2. The Hall–Kier alpha value is -2.56. The first-order chi connectivity index (χ1) is 9.59. The Kier molecular flexibility index (Phi) is 4.20. The summed E-state index contributed by atoms with van der Waals surface area (Å²) in [6.45, 7) is 1.77. The first-order valence-electron chi connectivity index (χ1n) is 6.19.